The molecule has 0 bridgehead atoms. The third-order valence-corrected chi connectivity index (χ3v) is 3.29. The van der Waals surface area contributed by atoms with Crippen LogP contribution in [0.4, 0.5) is 0 Å². The van der Waals surface area contributed by atoms with E-state index in [0.717, 1.165) is 0 Å². The van der Waals surface area contributed by atoms with Crippen molar-refractivity contribution in [1.29, 1.82) is 0 Å². The number of likely N-dealkylation sites (tertiary alicyclic amines) is 1. The van der Waals surface area contributed by atoms with Gasteiger partial charge < -0.3 is 4.74 Å². The molecule has 90 valence electrons. The Labute approximate surface area is 95.0 Å². The Hall–Kier alpha value is -0.0800. The van der Waals surface area contributed by atoms with E-state index < -0.39 is 0 Å². The van der Waals surface area contributed by atoms with Gasteiger partial charge in [-0.3, -0.25) is 4.90 Å². The van der Waals surface area contributed by atoms with Gasteiger partial charge in [0.2, 0.25) is 0 Å². The molecule has 2 nitrogen and oxygen atoms in total. The molecule has 2 unspecified atom stereocenters. The number of ether oxygens (including phenoxy) is 1. The molecule has 0 amide bonds. The highest BCUT2D eigenvalue weighted by molar-refractivity contribution is 4.87. The van der Waals surface area contributed by atoms with Gasteiger partial charge in [0, 0.05) is 18.1 Å². The van der Waals surface area contributed by atoms with Crippen LogP contribution in [0.3, 0.4) is 0 Å². The first-order chi connectivity index (χ1) is 6.91. The molecule has 1 fully saturated rings. The zero-order valence-electron chi connectivity index (χ0n) is 11.2. The molecule has 1 rings (SSSR count). The van der Waals surface area contributed by atoms with Crippen LogP contribution in [0.5, 0.6) is 0 Å². The maximum atomic E-state index is 5.93. The maximum Gasteiger partial charge on any atom is 0.0608 e. The average molecular weight is 213 g/mol. The second kappa shape index (κ2) is 5.31. The Morgan fingerprint density at radius 1 is 1.00 bits per heavy atom. The minimum Gasteiger partial charge on any atom is -0.375 e. The quantitative estimate of drug-likeness (QED) is 0.714. The highest BCUT2D eigenvalue weighted by Crippen LogP contribution is 2.27. The van der Waals surface area contributed by atoms with E-state index in [1.54, 1.807) is 0 Å². The van der Waals surface area contributed by atoms with E-state index in [2.05, 4.69) is 46.4 Å². The molecule has 0 aromatic heterocycles. The normalized spacial score (nSPS) is 34.0. The van der Waals surface area contributed by atoms with E-state index in [0.29, 0.717) is 30.3 Å². The fourth-order valence-electron chi connectivity index (χ4n) is 3.05. The van der Waals surface area contributed by atoms with E-state index in [1.807, 2.05) is 0 Å². The second-order valence-electron chi connectivity index (χ2n) is 5.52. The molecule has 0 aliphatic carbocycles. The van der Waals surface area contributed by atoms with E-state index in [1.165, 1.54) is 12.8 Å². The van der Waals surface area contributed by atoms with Crippen LogP contribution in [0.1, 0.15) is 54.4 Å². The lowest BCUT2D eigenvalue weighted by Gasteiger charge is -2.45. The van der Waals surface area contributed by atoms with Crippen LogP contribution in [0, 0.1) is 0 Å². The molecule has 2 heteroatoms. The first-order valence-corrected chi connectivity index (χ1v) is 6.34. The molecule has 1 heterocycles. The summed E-state index contributed by atoms with van der Waals surface area (Å²) in [5, 5.41) is 0. The molecule has 1 aliphatic heterocycles. The van der Waals surface area contributed by atoms with Crippen molar-refractivity contribution >= 4 is 0 Å². The van der Waals surface area contributed by atoms with Gasteiger partial charge in [-0.25, -0.2) is 0 Å². The molecule has 1 saturated heterocycles. The molecule has 15 heavy (non-hydrogen) atoms. The minimum absolute atomic E-state index is 0.361. The molecule has 0 N–H and O–H groups in total. The van der Waals surface area contributed by atoms with Crippen LogP contribution in [0.2, 0.25) is 0 Å². The highest BCUT2D eigenvalue weighted by Gasteiger charge is 2.32. The lowest BCUT2D eigenvalue weighted by molar-refractivity contribution is -0.0663. The van der Waals surface area contributed by atoms with Crippen molar-refractivity contribution < 1.29 is 4.74 Å². The smallest absolute Gasteiger partial charge is 0.0608 e. The van der Waals surface area contributed by atoms with Crippen molar-refractivity contribution in [3.63, 3.8) is 0 Å². The number of hydrogen-bond acceptors (Lipinski definition) is 2. The lowest BCUT2D eigenvalue weighted by Crippen LogP contribution is -2.52. The van der Waals surface area contributed by atoms with Gasteiger partial charge in [-0.2, -0.15) is 0 Å². The van der Waals surface area contributed by atoms with Crippen LogP contribution < -0.4 is 0 Å². The summed E-state index contributed by atoms with van der Waals surface area (Å²) in [6, 6.07) is 1.95. The summed E-state index contributed by atoms with van der Waals surface area (Å²) in [4.78, 5) is 2.61. The predicted molar refractivity (Wildman–Crippen MR) is 65.1 cm³/mol. The summed E-state index contributed by atoms with van der Waals surface area (Å²) in [6.45, 7) is 13.5. The SMILES string of the molecule is CC(C)OC1CC(C)N(C(C)C)[C@H](C)C1. The summed E-state index contributed by atoms with van der Waals surface area (Å²) in [7, 11) is 0. The first-order valence-electron chi connectivity index (χ1n) is 6.34. The fraction of sp³-hybridized carbons (Fsp3) is 1.00. The molecule has 3 atom stereocenters. The Morgan fingerprint density at radius 2 is 1.47 bits per heavy atom. The number of piperidine rings is 1. The Bertz CT molecular complexity index is 179. The number of hydrogen-bond donors (Lipinski definition) is 0. The van der Waals surface area contributed by atoms with E-state index in [9.17, 15) is 0 Å². The first kappa shape index (κ1) is 13.0. The van der Waals surface area contributed by atoms with E-state index in [4.69, 9.17) is 4.74 Å². The Balaban J connectivity index is 2.54. The standard InChI is InChI=1S/C13H27NO/c1-9(2)14-11(5)7-13(8-12(14)6)15-10(3)4/h9-13H,7-8H2,1-6H3/t11-,12?,13?/m1/s1. The molecule has 0 aromatic rings. The summed E-state index contributed by atoms with van der Waals surface area (Å²) in [5.74, 6) is 0. The monoisotopic (exact) mass is 213 g/mol. The van der Waals surface area contributed by atoms with Crippen molar-refractivity contribution in [3.8, 4) is 0 Å². The van der Waals surface area contributed by atoms with Crippen molar-refractivity contribution in [2.45, 2.75) is 84.7 Å². The maximum absolute atomic E-state index is 5.93. The Morgan fingerprint density at radius 3 is 1.80 bits per heavy atom. The molecular formula is C13H27NO. The van der Waals surface area contributed by atoms with Crippen LogP contribution in [0.25, 0.3) is 0 Å². The largest absolute Gasteiger partial charge is 0.375 e. The molecule has 0 saturated carbocycles. The molecular weight excluding hydrogens is 186 g/mol. The lowest BCUT2D eigenvalue weighted by atomic mass is 9.93. The zero-order chi connectivity index (χ0) is 11.6. The van der Waals surface area contributed by atoms with Crippen LogP contribution in [-0.4, -0.2) is 35.2 Å². The van der Waals surface area contributed by atoms with Gasteiger partial charge in [0.1, 0.15) is 0 Å². The predicted octanol–water partition coefficient (Wildman–Crippen LogP) is 3.06. The van der Waals surface area contributed by atoms with Gasteiger partial charge in [0.25, 0.3) is 0 Å². The van der Waals surface area contributed by atoms with Gasteiger partial charge in [0.15, 0.2) is 0 Å². The van der Waals surface area contributed by atoms with Crippen molar-refractivity contribution in [2.24, 2.45) is 0 Å². The topological polar surface area (TPSA) is 12.5 Å². The fourth-order valence-corrected chi connectivity index (χ4v) is 3.05. The minimum atomic E-state index is 0.361. The van der Waals surface area contributed by atoms with Gasteiger partial charge in [-0.15, -0.1) is 0 Å². The average Bonchev–Trinajstić information content (AvgIpc) is 1.99. The molecule has 0 spiro atoms. The van der Waals surface area contributed by atoms with Crippen molar-refractivity contribution in [2.75, 3.05) is 0 Å². The van der Waals surface area contributed by atoms with E-state index >= 15 is 0 Å². The molecule has 1 aliphatic rings. The summed E-state index contributed by atoms with van der Waals surface area (Å²) in [6.07, 6.45) is 3.19. The van der Waals surface area contributed by atoms with Crippen molar-refractivity contribution in [3.05, 3.63) is 0 Å². The summed E-state index contributed by atoms with van der Waals surface area (Å²) < 4.78 is 5.93. The van der Waals surface area contributed by atoms with Gasteiger partial charge in [-0.05, 0) is 54.4 Å². The third kappa shape index (κ3) is 3.46. The molecule has 0 radical (unpaired) electrons. The second-order valence-corrected chi connectivity index (χ2v) is 5.52. The van der Waals surface area contributed by atoms with Crippen LogP contribution in [0.15, 0.2) is 0 Å². The summed E-state index contributed by atoms with van der Waals surface area (Å²) in [5.41, 5.74) is 0. The van der Waals surface area contributed by atoms with Crippen LogP contribution in [-0.2, 0) is 4.74 Å². The van der Waals surface area contributed by atoms with Crippen LogP contribution >= 0.6 is 0 Å². The van der Waals surface area contributed by atoms with Gasteiger partial charge in [0.05, 0.1) is 12.2 Å². The number of nitrogens with zero attached hydrogens (tertiary/aromatic N) is 1. The zero-order valence-corrected chi connectivity index (χ0v) is 11.2. The highest BCUT2D eigenvalue weighted by atomic mass is 16.5. The van der Waals surface area contributed by atoms with Crippen molar-refractivity contribution in [1.82, 2.24) is 4.90 Å². The molecule has 0 aromatic carbocycles. The third-order valence-electron chi connectivity index (χ3n) is 3.29. The Kier molecular flexibility index (Phi) is 4.60. The summed E-state index contributed by atoms with van der Waals surface area (Å²) >= 11 is 0. The number of rotatable bonds is 3. The van der Waals surface area contributed by atoms with E-state index in [-0.39, 0.29) is 0 Å². The van der Waals surface area contributed by atoms with Gasteiger partial charge in [-0.1, -0.05) is 0 Å². The van der Waals surface area contributed by atoms with Gasteiger partial charge >= 0.3 is 0 Å².